The molecule has 0 aromatic heterocycles. The van der Waals surface area contributed by atoms with Gasteiger partial charge in [-0.05, 0) is 59.2 Å². The number of nitrogens with two attached hydrogens (primary N) is 1. The number of carbonyl (C=O) groups excluding carboxylic acids is 1. The van der Waals surface area contributed by atoms with Crippen LogP contribution in [0.2, 0.25) is 0 Å². The van der Waals surface area contributed by atoms with Gasteiger partial charge in [0.05, 0.1) is 6.42 Å². The summed E-state index contributed by atoms with van der Waals surface area (Å²) >= 11 is 0. The number of benzene rings is 2. The number of amidine groups is 1. The monoisotopic (exact) mass is 455 g/mol. The molecule has 2 aromatic carbocycles. The SMILES string of the molecule is C=C(C(=N/C=C(\N)C1C=CC(O)=CC1)NC(=O)Cc1ccc2ccccc2c1)C1CCCCC1. The van der Waals surface area contributed by atoms with Gasteiger partial charge in [0.2, 0.25) is 5.91 Å². The van der Waals surface area contributed by atoms with Crippen molar-refractivity contribution in [1.29, 1.82) is 0 Å². The van der Waals surface area contributed by atoms with E-state index in [1.807, 2.05) is 30.3 Å². The molecule has 176 valence electrons. The van der Waals surface area contributed by atoms with E-state index < -0.39 is 0 Å². The molecule has 5 heteroatoms. The Bertz CT molecular complexity index is 1180. The standard InChI is InChI=1S/C29H33N3O2/c1-20(22-7-3-2-4-8-22)29(31-19-27(30)24-13-15-26(33)16-14-24)32-28(34)18-21-11-12-23-9-5-6-10-25(23)17-21/h5-6,9-13,15-17,19,22,24,33H,1-4,7-8,14,18,30H2,(H,31,32,34)/b27-19-. The predicted octanol–water partition coefficient (Wildman–Crippen LogP) is 5.85. The van der Waals surface area contributed by atoms with Gasteiger partial charge >= 0.3 is 0 Å². The molecule has 1 saturated carbocycles. The largest absolute Gasteiger partial charge is 0.508 e. The molecule has 5 nitrogen and oxygen atoms in total. The number of nitrogens with zero attached hydrogens (tertiary/aromatic N) is 1. The van der Waals surface area contributed by atoms with Crippen LogP contribution < -0.4 is 11.1 Å². The maximum atomic E-state index is 13.0. The van der Waals surface area contributed by atoms with E-state index in [9.17, 15) is 9.90 Å². The third-order valence-corrected chi connectivity index (χ3v) is 6.69. The summed E-state index contributed by atoms with van der Waals surface area (Å²) in [5, 5.41) is 14.8. The number of hydrogen-bond acceptors (Lipinski definition) is 4. The summed E-state index contributed by atoms with van der Waals surface area (Å²) in [4.78, 5) is 17.6. The minimum absolute atomic E-state index is 0.0304. The summed E-state index contributed by atoms with van der Waals surface area (Å²) in [5.41, 5.74) is 8.68. The molecule has 4 N–H and O–H groups in total. The maximum Gasteiger partial charge on any atom is 0.229 e. The quantitative estimate of drug-likeness (QED) is 0.377. The van der Waals surface area contributed by atoms with Crippen LogP contribution in [0.25, 0.3) is 10.8 Å². The second-order valence-electron chi connectivity index (χ2n) is 9.20. The highest BCUT2D eigenvalue weighted by Crippen LogP contribution is 2.29. The first-order valence-electron chi connectivity index (χ1n) is 12.1. The van der Waals surface area contributed by atoms with Gasteiger partial charge in [-0.2, -0.15) is 0 Å². The molecule has 1 fully saturated rings. The number of carbonyl (C=O) groups is 1. The first-order valence-corrected chi connectivity index (χ1v) is 12.1. The van der Waals surface area contributed by atoms with Crippen LogP contribution in [0.4, 0.5) is 0 Å². The van der Waals surface area contributed by atoms with E-state index in [-0.39, 0.29) is 24.0 Å². The van der Waals surface area contributed by atoms with Gasteiger partial charge in [-0.1, -0.05) is 74.4 Å². The van der Waals surface area contributed by atoms with Gasteiger partial charge in [0.25, 0.3) is 0 Å². The van der Waals surface area contributed by atoms with E-state index in [1.54, 1.807) is 18.4 Å². The highest BCUT2D eigenvalue weighted by atomic mass is 16.3. The molecule has 0 bridgehead atoms. The highest BCUT2D eigenvalue weighted by molar-refractivity contribution is 6.08. The summed E-state index contributed by atoms with van der Waals surface area (Å²) in [6, 6.07) is 14.2. The second-order valence-corrected chi connectivity index (χ2v) is 9.20. The molecule has 0 aliphatic heterocycles. The van der Waals surface area contributed by atoms with Crippen molar-refractivity contribution in [3.8, 4) is 0 Å². The van der Waals surface area contributed by atoms with E-state index in [2.05, 4.69) is 35.1 Å². The van der Waals surface area contributed by atoms with Gasteiger partial charge < -0.3 is 16.2 Å². The molecule has 34 heavy (non-hydrogen) atoms. The number of amides is 1. The van der Waals surface area contributed by atoms with Crippen molar-refractivity contribution in [2.24, 2.45) is 22.6 Å². The van der Waals surface area contributed by atoms with Crippen LogP contribution in [0.3, 0.4) is 0 Å². The molecule has 0 radical (unpaired) electrons. The van der Waals surface area contributed by atoms with Crippen LogP contribution in [0.15, 0.2) is 95.5 Å². The van der Waals surface area contributed by atoms with Crippen molar-refractivity contribution >= 4 is 22.5 Å². The van der Waals surface area contributed by atoms with Crippen LogP contribution in [0.1, 0.15) is 44.1 Å². The minimum atomic E-state index is -0.122. The van der Waals surface area contributed by atoms with Crippen LogP contribution in [0.5, 0.6) is 0 Å². The normalized spacial score (nSPS) is 19.6. The van der Waals surface area contributed by atoms with Crippen molar-refractivity contribution in [3.05, 3.63) is 96.1 Å². The number of fused-ring (bicyclic) bond motifs is 1. The topological polar surface area (TPSA) is 87.7 Å². The molecule has 0 spiro atoms. The van der Waals surface area contributed by atoms with Gasteiger partial charge in [-0.3, -0.25) is 4.79 Å². The Morgan fingerprint density at radius 3 is 2.65 bits per heavy atom. The van der Waals surface area contributed by atoms with Gasteiger partial charge in [0, 0.05) is 17.8 Å². The Kier molecular flexibility index (Phi) is 7.63. The molecule has 0 heterocycles. The van der Waals surface area contributed by atoms with Crippen LogP contribution in [-0.2, 0) is 11.2 Å². The number of allylic oxidation sites excluding steroid dienone is 3. The van der Waals surface area contributed by atoms with E-state index >= 15 is 0 Å². The highest BCUT2D eigenvalue weighted by Gasteiger charge is 2.21. The number of nitrogens with one attached hydrogen (secondary N) is 1. The van der Waals surface area contributed by atoms with Gasteiger partial charge in [0.1, 0.15) is 11.6 Å². The molecule has 1 amide bonds. The fourth-order valence-corrected chi connectivity index (χ4v) is 4.64. The summed E-state index contributed by atoms with van der Waals surface area (Å²) in [5.74, 6) is 0.914. The van der Waals surface area contributed by atoms with Crippen molar-refractivity contribution in [2.75, 3.05) is 0 Å². The van der Waals surface area contributed by atoms with E-state index in [0.29, 0.717) is 23.9 Å². The molecule has 1 atom stereocenters. The summed E-state index contributed by atoms with van der Waals surface area (Å²) in [6.45, 7) is 4.31. The maximum absolute atomic E-state index is 13.0. The Morgan fingerprint density at radius 2 is 1.91 bits per heavy atom. The fourth-order valence-electron chi connectivity index (χ4n) is 4.64. The number of aliphatic imine (C=N–C) groups is 1. The molecular formula is C29H33N3O2. The lowest BCUT2D eigenvalue weighted by Crippen LogP contribution is -2.35. The summed E-state index contributed by atoms with van der Waals surface area (Å²) in [6.07, 6.45) is 13.4. The third-order valence-electron chi connectivity index (χ3n) is 6.69. The smallest absolute Gasteiger partial charge is 0.229 e. The third kappa shape index (κ3) is 6.04. The van der Waals surface area contributed by atoms with Crippen molar-refractivity contribution in [1.82, 2.24) is 5.32 Å². The van der Waals surface area contributed by atoms with Gasteiger partial charge in [0.15, 0.2) is 0 Å². The number of rotatable bonds is 6. The molecule has 1 unspecified atom stereocenters. The second kappa shape index (κ2) is 11.0. The molecule has 0 saturated heterocycles. The number of hydrogen-bond donors (Lipinski definition) is 3. The summed E-state index contributed by atoms with van der Waals surface area (Å²) < 4.78 is 0. The Hall–Kier alpha value is -3.60. The lowest BCUT2D eigenvalue weighted by molar-refractivity contribution is -0.119. The van der Waals surface area contributed by atoms with E-state index in [0.717, 1.165) is 34.8 Å². The number of aliphatic hydroxyl groups is 1. The lowest BCUT2D eigenvalue weighted by atomic mass is 9.84. The molecule has 2 aliphatic rings. The lowest BCUT2D eigenvalue weighted by Gasteiger charge is -2.24. The molecule has 2 aliphatic carbocycles. The summed E-state index contributed by atoms with van der Waals surface area (Å²) in [7, 11) is 0. The fraction of sp³-hybridized carbons (Fsp3) is 0.310. The Balaban J connectivity index is 1.51. The van der Waals surface area contributed by atoms with E-state index in [4.69, 9.17) is 5.73 Å². The predicted molar refractivity (Wildman–Crippen MR) is 139 cm³/mol. The zero-order valence-corrected chi connectivity index (χ0v) is 19.5. The molecular weight excluding hydrogens is 422 g/mol. The minimum Gasteiger partial charge on any atom is -0.508 e. The average Bonchev–Trinajstić information content (AvgIpc) is 2.86. The van der Waals surface area contributed by atoms with Crippen molar-refractivity contribution in [3.63, 3.8) is 0 Å². The van der Waals surface area contributed by atoms with Crippen molar-refractivity contribution < 1.29 is 9.90 Å². The average molecular weight is 456 g/mol. The number of aliphatic hydroxyl groups excluding tert-OH is 1. The van der Waals surface area contributed by atoms with Gasteiger partial charge in [-0.25, -0.2) is 4.99 Å². The van der Waals surface area contributed by atoms with Crippen LogP contribution in [0, 0.1) is 11.8 Å². The molecule has 2 aromatic rings. The van der Waals surface area contributed by atoms with Gasteiger partial charge in [-0.15, -0.1) is 0 Å². The zero-order chi connectivity index (χ0) is 23.9. The molecule has 4 rings (SSSR count). The van der Waals surface area contributed by atoms with E-state index in [1.165, 1.54) is 19.3 Å². The first kappa shape index (κ1) is 23.6. The first-order chi connectivity index (χ1) is 16.5. The van der Waals surface area contributed by atoms with Crippen molar-refractivity contribution in [2.45, 2.75) is 44.9 Å². The Labute approximate surface area is 201 Å². The zero-order valence-electron chi connectivity index (χ0n) is 19.5. The van der Waals surface area contributed by atoms with Crippen LogP contribution in [-0.4, -0.2) is 16.8 Å². The van der Waals surface area contributed by atoms with Crippen LogP contribution >= 0.6 is 0 Å². The Morgan fingerprint density at radius 1 is 1.15 bits per heavy atom.